The number of H-pyrrole nitrogens is 2. The molecule has 3 aromatic heterocycles. The fourth-order valence-corrected chi connectivity index (χ4v) is 4.43. The Morgan fingerprint density at radius 2 is 1.25 bits per heavy atom. The molecule has 0 aliphatic heterocycles. The van der Waals surface area contributed by atoms with E-state index in [0.29, 0.717) is 42.8 Å². The number of nitrogens with zero attached hydrogens (tertiary/aromatic N) is 4. The molecule has 40 heavy (non-hydrogen) atoms. The summed E-state index contributed by atoms with van der Waals surface area (Å²) in [6, 6.07) is 22.9. The molecule has 0 saturated heterocycles. The number of aromatic nitrogens is 6. The van der Waals surface area contributed by atoms with Gasteiger partial charge >= 0.3 is 0 Å². The fraction of sp³-hybridized carbons (Fsp3) is 0.133. The molecule has 6 aromatic rings. The number of imidazole rings is 2. The van der Waals surface area contributed by atoms with Crippen molar-refractivity contribution in [2.24, 2.45) is 0 Å². The molecule has 0 saturated carbocycles. The molecule has 6 rings (SSSR count). The van der Waals surface area contributed by atoms with Crippen LogP contribution in [0.4, 0.5) is 11.4 Å². The summed E-state index contributed by atoms with van der Waals surface area (Å²) in [7, 11) is 0. The van der Waals surface area contributed by atoms with Crippen LogP contribution in [0.15, 0.2) is 85.3 Å². The van der Waals surface area contributed by atoms with Crippen LogP contribution in [0.25, 0.3) is 45.0 Å². The predicted molar refractivity (Wildman–Crippen MR) is 154 cm³/mol. The number of para-hydroxylation sites is 2. The van der Waals surface area contributed by atoms with E-state index in [9.17, 15) is 9.59 Å². The second kappa shape index (κ2) is 11.2. The average Bonchev–Trinajstić information content (AvgIpc) is 3.61. The van der Waals surface area contributed by atoms with Gasteiger partial charge in [-0.3, -0.25) is 9.59 Å². The third-order valence-corrected chi connectivity index (χ3v) is 6.49. The normalized spacial score (nSPS) is 11.1. The first kappa shape index (κ1) is 24.9. The van der Waals surface area contributed by atoms with Gasteiger partial charge < -0.3 is 20.6 Å². The highest BCUT2D eigenvalue weighted by atomic mass is 16.2. The molecule has 0 spiro atoms. The lowest BCUT2D eigenvalue weighted by Crippen LogP contribution is -2.13. The monoisotopic (exact) mass is 530 g/mol. The quantitative estimate of drug-likeness (QED) is 0.177. The van der Waals surface area contributed by atoms with Gasteiger partial charge in [-0.05, 0) is 73.5 Å². The van der Waals surface area contributed by atoms with Crippen LogP contribution < -0.4 is 10.6 Å². The molecule has 10 nitrogen and oxygen atoms in total. The molecular weight excluding hydrogens is 504 g/mol. The number of nitrogens with one attached hydrogen (secondary N) is 4. The number of benzene rings is 3. The molecule has 3 heterocycles. The highest BCUT2D eigenvalue weighted by Gasteiger charge is 2.09. The van der Waals surface area contributed by atoms with Gasteiger partial charge in [0.2, 0.25) is 11.8 Å². The van der Waals surface area contributed by atoms with E-state index < -0.39 is 0 Å². The van der Waals surface area contributed by atoms with E-state index in [2.05, 4.69) is 40.5 Å². The van der Waals surface area contributed by atoms with E-state index in [4.69, 9.17) is 0 Å². The van der Waals surface area contributed by atoms with Crippen LogP contribution in [-0.2, 0) is 9.59 Å². The van der Waals surface area contributed by atoms with Crippen molar-refractivity contribution in [1.29, 1.82) is 0 Å². The van der Waals surface area contributed by atoms with Crippen molar-refractivity contribution >= 4 is 45.4 Å². The van der Waals surface area contributed by atoms with Crippen LogP contribution >= 0.6 is 0 Å². The Balaban J connectivity index is 0.929. The summed E-state index contributed by atoms with van der Waals surface area (Å²) < 4.78 is 0. The fourth-order valence-electron chi connectivity index (χ4n) is 4.43. The summed E-state index contributed by atoms with van der Waals surface area (Å²) in [5.41, 5.74) is 6.52. The van der Waals surface area contributed by atoms with Crippen molar-refractivity contribution in [3.63, 3.8) is 0 Å². The van der Waals surface area contributed by atoms with Gasteiger partial charge in [-0.15, -0.1) is 0 Å². The maximum Gasteiger partial charge on any atom is 0.224 e. The number of carbonyl (C=O) groups is 2. The number of carbonyl (C=O) groups excluding carboxylic acids is 2. The Morgan fingerprint density at radius 3 is 1.85 bits per heavy atom. The standard InChI is InChI=1S/C30H26N8O2/c39-26(33-21-13-9-19(10-14-21)28-35-23-5-1-2-6-24(23)36-28)7-3-4-8-27(40)34-22-15-11-20(12-16-22)29-37-25-17-31-18-32-30(25)38-29/h1-2,5-6,9-18H,3-4,7-8H2,(H,33,39)(H,34,40)(H,35,36)(H,31,32,37,38). The predicted octanol–water partition coefficient (Wildman–Crippen LogP) is 5.70. The maximum atomic E-state index is 12.4. The molecule has 0 radical (unpaired) electrons. The number of unbranched alkanes of at least 4 members (excludes halogenated alkanes) is 1. The molecule has 4 N–H and O–H groups in total. The third kappa shape index (κ3) is 5.70. The number of amides is 2. The van der Waals surface area contributed by atoms with Crippen molar-refractivity contribution in [3.8, 4) is 22.8 Å². The van der Waals surface area contributed by atoms with Gasteiger partial charge in [-0.25, -0.2) is 19.9 Å². The van der Waals surface area contributed by atoms with Gasteiger partial charge in [0.15, 0.2) is 5.65 Å². The largest absolute Gasteiger partial charge is 0.338 e. The average molecular weight is 531 g/mol. The molecule has 0 fully saturated rings. The lowest BCUT2D eigenvalue weighted by molar-refractivity contribution is -0.118. The number of rotatable bonds is 9. The lowest BCUT2D eigenvalue weighted by atomic mass is 10.1. The van der Waals surface area contributed by atoms with Crippen LogP contribution in [0.5, 0.6) is 0 Å². The Hall–Kier alpha value is -5.38. The van der Waals surface area contributed by atoms with E-state index >= 15 is 0 Å². The number of aromatic amines is 2. The van der Waals surface area contributed by atoms with Crippen LogP contribution in [0.2, 0.25) is 0 Å². The van der Waals surface area contributed by atoms with Crippen molar-refractivity contribution < 1.29 is 9.59 Å². The zero-order valence-corrected chi connectivity index (χ0v) is 21.5. The highest BCUT2D eigenvalue weighted by Crippen LogP contribution is 2.23. The Kier molecular flexibility index (Phi) is 6.95. The number of hydrogen-bond acceptors (Lipinski definition) is 6. The topological polar surface area (TPSA) is 141 Å². The van der Waals surface area contributed by atoms with Gasteiger partial charge in [-0.1, -0.05) is 12.1 Å². The van der Waals surface area contributed by atoms with Gasteiger partial charge in [0, 0.05) is 35.3 Å². The number of fused-ring (bicyclic) bond motifs is 2. The van der Waals surface area contributed by atoms with Crippen LogP contribution in [0, 0.1) is 0 Å². The van der Waals surface area contributed by atoms with E-state index in [1.807, 2.05) is 72.8 Å². The maximum absolute atomic E-state index is 12.4. The summed E-state index contributed by atoms with van der Waals surface area (Å²) in [5, 5.41) is 5.82. The minimum atomic E-state index is -0.0895. The zero-order valence-electron chi connectivity index (χ0n) is 21.5. The van der Waals surface area contributed by atoms with E-state index in [1.165, 1.54) is 6.33 Å². The highest BCUT2D eigenvalue weighted by molar-refractivity contribution is 5.92. The zero-order chi connectivity index (χ0) is 27.3. The van der Waals surface area contributed by atoms with Crippen molar-refractivity contribution in [2.45, 2.75) is 25.7 Å². The molecule has 0 atom stereocenters. The summed E-state index contributed by atoms with van der Waals surface area (Å²) in [5.74, 6) is 1.31. The van der Waals surface area contributed by atoms with Crippen molar-refractivity contribution in [1.82, 2.24) is 29.9 Å². The second-order valence-corrected chi connectivity index (χ2v) is 9.41. The molecular formula is C30H26N8O2. The van der Waals surface area contributed by atoms with E-state index in [1.54, 1.807) is 6.20 Å². The van der Waals surface area contributed by atoms with Gasteiger partial charge in [0.05, 0.1) is 17.2 Å². The molecule has 0 aliphatic rings. The Morgan fingerprint density at radius 1 is 0.675 bits per heavy atom. The first-order valence-corrected chi connectivity index (χ1v) is 13.0. The molecule has 198 valence electrons. The van der Waals surface area contributed by atoms with E-state index in [-0.39, 0.29) is 11.8 Å². The lowest BCUT2D eigenvalue weighted by Gasteiger charge is -2.07. The molecule has 0 aliphatic carbocycles. The smallest absolute Gasteiger partial charge is 0.224 e. The van der Waals surface area contributed by atoms with Crippen LogP contribution in [-0.4, -0.2) is 41.7 Å². The van der Waals surface area contributed by atoms with Gasteiger partial charge in [0.25, 0.3) is 0 Å². The SMILES string of the molecule is O=C(CCCCC(=O)Nc1ccc(-c2nc3ncncc3[nH]2)cc1)Nc1ccc(-c2nc3ccccc3[nH]2)cc1. The number of hydrogen-bond donors (Lipinski definition) is 4. The minimum absolute atomic E-state index is 0.0796. The van der Waals surface area contributed by atoms with E-state index in [0.717, 1.165) is 39.2 Å². The van der Waals surface area contributed by atoms with Crippen LogP contribution in [0.1, 0.15) is 25.7 Å². The summed E-state index contributed by atoms with van der Waals surface area (Å²) in [4.78, 5) is 48.4. The molecule has 0 bridgehead atoms. The second-order valence-electron chi connectivity index (χ2n) is 9.41. The molecule has 0 unspecified atom stereocenters. The van der Waals surface area contributed by atoms with Gasteiger partial charge in [-0.2, -0.15) is 0 Å². The summed E-state index contributed by atoms with van der Waals surface area (Å²) >= 11 is 0. The number of anilines is 2. The summed E-state index contributed by atoms with van der Waals surface area (Å²) in [6.07, 6.45) is 5.05. The van der Waals surface area contributed by atoms with Gasteiger partial charge in [0.1, 0.15) is 23.5 Å². The van der Waals surface area contributed by atoms with Crippen molar-refractivity contribution in [2.75, 3.05) is 10.6 Å². The van der Waals surface area contributed by atoms with Crippen molar-refractivity contribution in [3.05, 3.63) is 85.3 Å². The third-order valence-electron chi connectivity index (χ3n) is 6.49. The first-order valence-electron chi connectivity index (χ1n) is 13.0. The summed E-state index contributed by atoms with van der Waals surface area (Å²) in [6.45, 7) is 0. The molecule has 10 heteroatoms. The molecule has 3 aromatic carbocycles. The minimum Gasteiger partial charge on any atom is -0.338 e. The first-order chi connectivity index (χ1) is 19.6. The molecule has 2 amide bonds. The Bertz CT molecular complexity index is 1590. The Labute approximate surface area is 229 Å². The van der Waals surface area contributed by atoms with Crippen LogP contribution in [0.3, 0.4) is 0 Å².